The van der Waals surface area contributed by atoms with Crippen molar-refractivity contribution in [3.8, 4) is 0 Å². The average Bonchev–Trinajstić information content (AvgIpc) is 3.45. The zero-order valence-corrected chi connectivity index (χ0v) is 16.5. The first-order valence-corrected chi connectivity index (χ1v) is 10.4. The van der Waals surface area contributed by atoms with Crippen LogP contribution in [0, 0.1) is 12.3 Å². The number of benzene rings is 1. The van der Waals surface area contributed by atoms with E-state index >= 15 is 0 Å². The minimum Gasteiger partial charge on any atom is -0.311 e. The Bertz CT molecular complexity index is 822. The molecule has 3 nitrogen and oxygen atoms in total. The fourth-order valence-corrected chi connectivity index (χ4v) is 4.90. The van der Waals surface area contributed by atoms with Crippen LogP contribution in [0.4, 0.5) is 0 Å². The molecule has 3 aliphatic rings. The van der Waals surface area contributed by atoms with E-state index < -0.39 is 0 Å². The van der Waals surface area contributed by atoms with Crippen LogP contribution in [0.25, 0.3) is 5.57 Å². The maximum absolute atomic E-state index is 13.0. The number of nitrogens with one attached hydrogen (secondary N) is 2. The van der Waals surface area contributed by atoms with Gasteiger partial charge in [-0.1, -0.05) is 29.8 Å². The van der Waals surface area contributed by atoms with E-state index in [1.165, 1.54) is 35.1 Å². The Morgan fingerprint density at radius 2 is 2.07 bits per heavy atom. The summed E-state index contributed by atoms with van der Waals surface area (Å²) >= 11 is 0. The van der Waals surface area contributed by atoms with Crippen molar-refractivity contribution >= 4 is 17.1 Å². The second-order valence-electron chi connectivity index (χ2n) is 8.48. The molecule has 1 saturated heterocycles. The van der Waals surface area contributed by atoms with Crippen molar-refractivity contribution in [1.29, 1.82) is 5.41 Å². The summed E-state index contributed by atoms with van der Waals surface area (Å²) < 4.78 is 0. The lowest BCUT2D eigenvalue weighted by atomic mass is 9.74. The van der Waals surface area contributed by atoms with E-state index in [0.29, 0.717) is 30.2 Å². The molecule has 1 aromatic rings. The lowest BCUT2D eigenvalue weighted by molar-refractivity contribution is -0.115. The van der Waals surface area contributed by atoms with Crippen molar-refractivity contribution in [2.75, 3.05) is 6.54 Å². The first-order valence-electron chi connectivity index (χ1n) is 10.4. The molecule has 0 radical (unpaired) electrons. The lowest BCUT2D eigenvalue weighted by Gasteiger charge is -2.29. The molecule has 2 aliphatic carbocycles. The quantitative estimate of drug-likeness (QED) is 0.578. The summed E-state index contributed by atoms with van der Waals surface area (Å²) in [6, 6.07) is 7.03. The van der Waals surface area contributed by atoms with Crippen LogP contribution in [0.5, 0.6) is 0 Å². The minimum absolute atomic E-state index is 0.139. The largest absolute Gasteiger partial charge is 0.311 e. The molecule has 1 aromatic carbocycles. The van der Waals surface area contributed by atoms with Crippen LogP contribution in [0.3, 0.4) is 0 Å². The third-order valence-corrected chi connectivity index (χ3v) is 6.30. The summed E-state index contributed by atoms with van der Waals surface area (Å²) in [4.78, 5) is 13.0. The van der Waals surface area contributed by atoms with E-state index in [-0.39, 0.29) is 11.7 Å². The van der Waals surface area contributed by atoms with Gasteiger partial charge in [0.1, 0.15) is 0 Å². The molecule has 2 unspecified atom stereocenters. The molecule has 1 saturated carbocycles. The summed E-state index contributed by atoms with van der Waals surface area (Å²) in [5, 5.41) is 11.9. The number of ketones is 1. The molecule has 1 aliphatic heterocycles. The highest BCUT2D eigenvalue weighted by molar-refractivity contribution is 6.24. The van der Waals surface area contributed by atoms with E-state index in [1.54, 1.807) is 0 Å². The second kappa shape index (κ2) is 7.55. The van der Waals surface area contributed by atoms with Gasteiger partial charge >= 0.3 is 0 Å². The number of Topliss-reactive ketones (excluding diaryl/α,β-unsaturated/α-hetero) is 1. The summed E-state index contributed by atoms with van der Waals surface area (Å²) in [5.41, 5.74) is 7.69. The molecule has 0 spiro atoms. The number of hydrogen-bond acceptors (Lipinski definition) is 3. The molecule has 0 aromatic heterocycles. The van der Waals surface area contributed by atoms with Gasteiger partial charge in [0.2, 0.25) is 0 Å². The van der Waals surface area contributed by atoms with E-state index in [9.17, 15) is 4.79 Å². The Morgan fingerprint density at radius 1 is 1.26 bits per heavy atom. The monoisotopic (exact) mass is 362 g/mol. The predicted octanol–water partition coefficient (Wildman–Crippen LogP) is 5.10. The highest BCUT2D eigenvalue weighted by atomic mass is 16.1. The van der Waals surface area contributed by atoms with Gasteiger partial charge in [0, 0.05) is 30.3 Å². The number of aryl methyl sites for hydroxylation is 1. The van der Waals surface area contributed by atoms with E-state index in [0.717, 1.165) is 31.4 Å². The molecule has 2 atom stereocenters. The maximum Gasteiger partial charge on any atom is 0.165 e. The van der Waals surface area contributed by atoms with Crippen LogP contribution in [-0.4, -0.2) is 24.1 Å². The Balaban J connectivity index is 1.65. The van der Waals surface area contributed by atoms with E-state index in [1.807, 2.05) is 6.92 Å². The Kier molecular flexibility index (Phi) is 5.14. The van der Waals surface area contributed by atoms with Crippen LogP contribution < -0.4 is 5.32 Å². The third kappa shape index (κ3) is 3.84. The van der Waals surface area contributed by atoms with Gasteiger partial charge in [0.15, 0.2) is 5.78 Å². The zero-order valence-electron chi connectivity index (χ0n) is 16.5. The zero-order chi connectivity index (χ0) is 19.0. The van der Waals surface area contributed by atoms with Crippen LogP contribution in [0.2, 0.25) is 0 Å². The maximum atomic E-state index is 13.0. The number of hydrogen-bond donors (Lipinski definition) is 2. The van der Waals surface area contributed by atoms with E-state index in [2.05, 4.69) is 36.5 Å². The molecule has 0 amide bonds. The first kappa shape index (κ1) is 18.4. The SMILES string of the molecule is C/C(CC1CN1)=C1/C(=N)CC(c2c(C)cccc2C2=CCCCC2)CC1=O. The van der Waals surface area contributed by atoms with Gasteiger partial charge in [0.05, 0.1) is 0 Å². The Labute approximate surface area is 162 Å². The molecule has 4 rings (SSSR count). The third-order valence-electron chi connectivity index (χ3n) is 6.30. The van der Waals surface area contributed by atoms with Crippen molar-refractivity contribution in [2.45, 2.75) is 70.8 Å². The number of rotatable bonds is 4. The summed E-state index contributed by atoms with van der Waals surface area (Å²) in [5.74, 6) is 0.306. The molecule has 27 heavy (non-hydrogen) atoms. The van der Waals surface area contributed by atoms with Gasteiger partial charge in [-0.3, -0.25) is 4.79 Å². The van der Waals surface area contributed by atoms with Crippen molar-refractivity contribution < 1.29 is 4.79 Å². The van der Waals surface area contributed by atoms with Crippen LogP contribution in [-0.2, 0) is 4.79 Å². The fourth-order valence-electron chi connectivity index (χ4n) is 4.90. The normalized spacial score (nSPS) is 27.4. The van der Waals surface area contributed by atoms with Crippen molar-refractivity contribution in [2.24, 2.45) is 0 Å². The van der Waals surface area contributed by atoms with Crippen LogP contribution in [0.1, 0.15) is 74.5 Å². The number of carbonyl (C=O) groups is 1. The highest BCUT2D eigenvalue weighted by Crippen LogP contribution is 2.40. The smallest absolute Gasteiger partial charge is 0.165 e. The molecule has 2 fully saturated rings. The average molecular weight is 363 g/mol. The molecular weight excluding hydrogens is 332 g/mol. The van der Waals surface area contributed by atoms with Gasteiger partial charge in [-0.25, -0.2) is 0 Å². The van der Waals surface area contributed by atoms with Gasteiger partial charge in [-0.05, 0) is 80.6 Å². The van der Waals surface area contributed by atoms with Gasteiger partial charge in [0.25, 0.3) is 0 Å². The van der Waals surface area contributed by atoms with E-state index in [4.69, 9.17) is 5.41 Å². The minimum atomic E-state index is 0.139. The Hall–Kier alpha value is -2.00. The molecule has 2 N–H and O–H groups in total. The van der Waals surface area contributed by atoms with Gasteiger partial charge in [-0.2, -0.15) is 0 Å². The fraction of sp³-hybridized carbons (Fsp3) is 0.500. The lowest BCUT2D eigenvalue weighted by Crippen LogP contribution is -2.27. The van der Waals surface area contributed by atoms with Crippen molar-refractivity contribution in [3.63, 3.8) is 0 Å². The van der Waals surface area contributed by atoms with Crippen LogP contribution in [0.15, 0.2) is 35.4 Å². The molecule has 3 heteroatoms. The molecule has 142 valence electrons. The highest BCUT2D eigenvalue weighted by Gasteiger charge is 2.33. The number of carbonyl (C=O) groups excluding carboxylic acids is 1. The summed E-state index contributed by atoms with van der Waals surface area (Å²) in [7, 11) is 0. The Morgan fingerprint density at radius 3 is 2.74 bits per heavy atom. The standard InChI is InChI=1S/C24H30N2O/c1-15-7-6-10-20(17-8-4-3-5-9-17)23(15)18-12-21(25)24(22(27)13-18)16(2)11-19-14-26-19/h6-8,10,18-19,25-26H,3-5,9,11-14H2,1-2H3/b24-16+,25-21?. The predicted molar refractivity (Wildman–Crippen MR) is 111 cm³/mol. The van der Waals surface area contributed by atoms with Gasteiger partial charge in [-0.15, -0.1) is 0 Å². The molecular formula is C24H30N2O. The second-order valence-corrected chi connectivity index (χ2v) is 8.48. The van der Waals surface area contributed by atoms with Crippen molar-refractivity contribution in [3.05, 3.63) is 52.1 Å². The summed E-state index contributed by atoms with van der Waals surface area (Å²) in [6.45, 7) is 5.23. The van der Waals surface area contributed by atoms with Gasteiger partial charge < -0.3 is 10.7 Å². The van der Waals surface area contributed by atoms with Crippen LogP contribution >= 0.6 is 0 Å². The van der Waals surface area contributed by atoms with Crippen molar-refractivity contribution in [1.82, 2.24) is 5.32 Å². The molecule has 1 heterocycles. The topological polar surface area (TPSA) is 62.9 Å². The molecule has 0 bridgehead atoms. The first-order chi connectivity index (χ1) is 13.0. The summed E-state index contributed by atoms with van der Waals surface area (Å²) in [6.07, 6.45) is 9.32. The number of allylic oxidation sites excluding steroid dienone is 3.